The van der Waals surface area contributed by atoms with Crippen LogP contribution < -0.4 is 5.32 Å². The Labute approximate surface area is 134 Å². The third-order valence-corrected chi connectivity index (χ3v) is 4.68. The number of nitrogens with one attached hydrogen (secondary N) is 1. The number of nitrogens with zero attached hydrogens (tertiary/aromatic N) is 1. The smallest absolute Gasteiger partial charge is 0.229 e. The molecule has 1 aliphatic heterocycles. The zero-order valence-corrected chi connectivity index (χ0v) is 13.5. The van der Waals surface area contributed by atoms with E-state index in [1.165, 1.54) is 0 Å². The molecule has 6 heteroatoms. The predicted molar refractivity (Wildman–Crippen MR) is 84.7 cm³/mol. The summed E-state index contributed by atoms with van der Waals surface area (Å²) < 4.78 is 0. The van der Waals surface area contributed by atoms with Crippen LogP contribution in [-0.2, 0) is 9.59 Å². The summed E-state index contributed by atoms with van der Waals surface area (Å²) in [5.41, 5.74) is 0.476. The van der Waals surface area contributed by atoms with E-state index in [1.54, 1.807) is 23.1 Å². The standard InChI is InChI=1S/C15H18Cl2N2O2/c1-3-9(2)19-8-10(7-13(19)20)15(21)18-12-6-4-5-11(16)14(12)17/h4-6,9-10H,3,7-8H2,1-2H3,(H,18,21). The molecule has 0 aliphatic carbocycles. The molecule has 1 aromatic carbocycles. The summed E-state index contributed by atoms with van der Waals surface area (Å²) >= 11 is 12.0. The van der Waals surface area contributed by atoms with Gasteiger partial charge in [-0.1, -0.05) is 36.2 Å². The van der Waals surface area contributed by atoms with Crippen molar-refractivity contribution in [1.29, 1.82) is 0 Å². The van der Waals surface area contributed by atoms with Gasteiger partial charge in [-0.25, -0.2) is 0 Å². The van der Waals surface area contributed by atoms with Crippen molar-refractivity contribution >= 4 is 40.7 Å². The van der Waals surface area contributed by atoms with Crippen LogP contribution in [0, 0.1) is 5.92 Å². The van der Waals surface area contributed by atoms with E-state index in [2.05, 4.69) is 5.32 Å². The van der Waals surface area contributed by atoms with Crippen LogP contribution >= 0.6 is 23.2 Å². The first-order valence-corrected chi connectivity index (χ1v) is 7.74. The van der Waals surface area contributed by atoms with Gasteiger partial charge in [-0.15, -0.1) is 0 Å². The van der Waals surface area contributed by atoms with Crippen molar-refractivity contribution in [3.05, 3.63) is 28.2 Å². The highest BCUT2D eigenvalue weighted by Crippen LogP contribution is 2.30. The van der Waals surface area contributed by atoms with Crippen molar-refractivity contribution < 1.29 is 9.59 Å². The zero-order valence-electron chi connectivity index (χ0n) is 12.0. The number of amides is 2. The van der Waals surface area contributed by atoms with E-state index in [-0.39, 0.29) is 30.2 Å². The molecule has 0 saturated carbocycles. The number of anilines is 1. The highest BCUT2D eigenvalue weighted by molar-refractivity contribution is 6.44. The number of hydrogen-bond donors (Lipinski definition) is 1. The summed E-state index contributed by atoms with van der Waals surface area (Å²) in [5, 5.41) is 3.46. The van der Waals surface area contributed by atoms with E-state index >= 15 is 0 Å². The minimum atomic E-state index is -0.346. The van der Waals surface area contributed by atoms with Gasteiger partial charge in [0, 0.05) is 19.0 Å². The lowest BCUT2D eigenvalue weighted by Crippen LogP contribution is -2.35. The molecule has 1 heterocycles. The first kappa shape index (κ1) is 16.1. The van der Waals surface area contributed by atoms with Crippen LogP contribution in [0.2, 0.25) is 10.0 Å². The molecule has 0 radical (unpaired) electrons. The molecule has 1 aliphatic rings. The first-order valence-electron chi connectivity index (χ1n) is 6.98. The maximum atomic E-state index is 12.3. The van der Waals surface area contributed by atoms with Gasteiger partial charge in [-0.05, 0) is 25.5 Å². The fraction of sp³-hybridized carbons (Fsp3) is 0.467. The Morgan fingerprint density at radius 2 is 2.19 bits per heavy atom. The van der Waals surface area contributed by atoms with Crippen LogP contribution in [0.15, 0.2) is 18.2 Å². The van der Waals surface area contributed by atoms with Crippen molar-refractivity contribution in [2.24, 2.45) is 5.92 Å². The molecule has 0 bridgehead atoms. The van der Waals surface area contributed by atoms with Crippen LogP contribution in [0.1, 0.15) is 26.7 Å². The normalized spacial score (nSPS) is 19.7. The minimum Gasteiger partial charge on any atom is -0.339 e. The highest BCUT2D eigenvalue weighted by atomic mass is 35.5. The summed E-state index contributed by atoms with van der Waals surface area (Å²) in [4.78, 5) is 26.0. The Balaban J connectivity index is 2.05. The fourth-order valence-corrected chi connectivity index (χ4v) is 2.74. The van der Waals surface area contributed by atoms with Crippen molar-refractivity contribution in [2.75, 3.05) is 11.9 Å². The quantitative estimate of drug-likeness (QED) is 0.918. The highest BCUT2D eigenvalue weighted by Gasteiger charge is 2.36. The molecule has 2 unspecified atom stereocenters. The Morgan fingerprint density at radius 3 is 2.86 bits per heavy atom. The molecular weight excluding hydrogens is 311 g/mol. The summed E-state index contributed by atoms with van der Waals surface area (Å²) in [5.74, 6) is -0.512. The van der Waals surface area contributed by atoms with E-state index < -0.39 is 0 Å². The third kappa shape index (κ3) is 3.50. The van der Waals surface area contributed by atoms with Crippen molar-refractivity contribution in [1.82, 2.24) is 4.90 Å². The number of hydrogen-bond acceptors (Lipinski definition) is 2. The lowest BCUT2D eigenvalue weighted by Gasteiger charge is -2.23. The minimum absolute atomic E-state index is 0.0293. The van der Waals surface area contributed by atoms with Crippen LogP contribution in [0.5, 0.6) is 0 Å². The molecule has 0 spiro atoms. The number of benzene rings is 1. The van der Waals surface area contributed by atoms with Crippen LogP contribution in [0.25, 0.3) is 0 Å². The van der Waals surface area contributed by atoms with Crippen molar-refractivity contribution in [2.45, 2.75) is 32.7 Å². The monoisotopic (exact) mass is 328 g/mol. The first-order chi connectivity index (χ1) is 9.93. The maximum absolute atomic E-state index is 12.3. The Bertz CT molecular complexity index is 563. The molecular formula is C15H18Cl2N2O2. The number of carbonyl (C=O) groups is 2. The number of likely N-dealkylation sites (tertiary alicyclic amines) is 1. The maximum Gasteiger partial charge on any atom is 0.229 e. The Kier molecular flexibility index (Phi) is 5.12. The lowest BCUT2D eigenvalue weighted by molar-refractivity contribution is -0.129. The van der Waals surface area contributed by atoms with Gasteiger partial charge >= 0.3 is 0 Å². The van der Waals surface area contributed by atoms with E-state index in [9.17, 15) is 9.59 Å². The van der Waals surface area contributed by atoms with Crippen molar-refractivity contribution in [3.8, 4) is 0 Å². The van der Waals surface area contributed by atoms with Gasteiger partial charge < -0.3 is 10.2 Å². The summed E-state index contributed by atoms with van der Waals surface area (Å²) in [7, 11) is 0. The van der Waals surface area contributed by atoms with Gasteiger partial charge in [-0.2, -0.15) is 0 Å². The second kappa shape index (κ2) is 6.67. The molecule has 2 amide bonds. The molecule has 114 valence electrons. The average molecular weight is 329 g/mol. The molecule has 2 rings (SSSR count). The van der Waals surface area contributed by atoms with Crippen LogP contribution in [0.3, 0.4) is 0 Å². The lowest BCUT2D eigenvalue weighted by atomic mass is 10.1. The second-order valence-corrected chi connectivity index (χ2v) is 6.08. The SMILES string of the molecule is CCC(C)N1CC(C(=O)Nc2cccc(Cl)c2Cl)CC1=O. The van der Waals surface area contributed by atoms with Gasteiger partial charge in [0.05, 0.1) is 21.7 Å². The van der Waals surface area contributed by atoms with E-state index in [0.29, 0.717) is 22.3 Å². The topological polar surface area (TPSA) is 49.4 Å². The van der Waals surface area contributed by atoms with E-state index in [1.807, 2.05) is 13.8 Å². The zero-order chi connectivity index (χ0) is 15.6. The van der Waals surface area contributed by atoms with Gasteiger partial charge in [-0.3, -0.25) is 9.59 Å². The van der Waals surface area contributed by atoms with Crippen LogP contribution in [-0.4, -0.2) is 29.3 Å². The number of halogens is 2. The molecule has 21 heavy (non-hydrogen) atoms. The van der Waals surface area contributed by atoms with Crippen LogP contribution in [0.4, 0.5) is 5.69 Å². The fourth-order valence-electron chi connectivity index (χ4n) is 2.39. The van der Waals surface area contributed by atoms with Crippen molar-refractivity contribution in [3.63, 3.8) is 0 Å². The average Bonchev–Trinajstić information content (AvgIpc) is 2.85. The Morgan fingerprint density at radius 1 is 1.48 bits per heavy atom. The molecule has 1 saturated heterocycles. The Hall–Kier alpha value is -1.26. The molecule has 1 aromatic rings. The van der Waals surface area contributed by atoms with E-state index in [0.717, 1.165) is 6.42 Å². The molecule has 4 nitrogen and oxygen atoms in total. The molecule has 2 atom stereocenters. The van der Waals surface area contributed by atoms with E-state index in [4.69, 9.17) is 23.2 Å². The predicted octanol–water partition coefficient (Wildman–Crippen LogP) is 3.58. The second-order valence-electron chi connectivity index (χ2n) is 5.30. The number of carbonyl (C=O) groups excluding carboxylic acids is 2. The van der Waals surface area contributed by atoms with Gasteiger partial charge in [0.15, 0.2) is 0 Å². The summed E-state index contributed by atoms with van der Waals surface area (Å²) in [6, 6.07) is 5.22. The number of rotatable bonds is 4. The largest absolute Gasteiger partial charge is 0.339 e. The molecule has 1 N–H and O–H groups in total. The third-order valence-electron chi connectivity index (χ3n) is 3.86. The summed E-state index contributed by atoms with van der Waals surface area (Å²) in [6.07, 6.45) is 1.12. The van der Waals surface area contributed by atoms with Gasteiger partial charge in [0.25, 0.3) is 0 Å². The molecule has 1 fully saturated rings. The molecule has 0 aromatic heterocycles. The summed E-state index contributed by atoms with van der Waals surface area (Å²) in [6.45, 7) is 4.47. The van der Waals surface area contributed by atoms with Gasteiger partial charge in [0.1, 0.15) is 0 Å². The van der Waals surface area contributed by atoms with Gasteiger partial charge in [0.2, 0.25) is 11.8 Å².